The van der Waals surface area contributed by atoms with Crippen molar-refractivity contribution in [2.45, 2.75) is 81.6 Å². The van der Waals surface area contributed by atoms with Gasteiger partial charge in [0.05, 0.1) is 29.8 Å². The van der Waals surface area contributed by atoms with E-state index in [0.717, 1.165) is 69.9 Å². The third kappa shape index (κ3) is 6.79. The van der Waals surface area contributed by atoms with Crippen LogP contribution in [0.4, 0.5) is 0 Å². The van der Waals surface area contributed by atoms with Gasteiger partial charge in [-0.3, -0.25) is 4.79 Å². The van der Waals surface area contributed by atoms with E-state index < -0.39 is 17.1 Å². The number of aliphatic hydroxyl groups is 2. The van der Waals surface area contributed by atoms with Crippen molar-refractivity contribution in [3.63, 3.8) is 0 Å². The van der Waals surface area contributed by atoms with E-state index in [2.05, 4.69) is 49.2 Å². The first-order chi connectivity index (χ1) is 24.2. The number of hydrogen-bond donors (Lipinski definition) is 3. The van der Waals surface area contributed by atoms with Crippen molar-refractivity contribution < 1.29 is 19.7 Å². The van der Waals surface area contributed by atoms with Crippen LogP contribution >= 0.6 is 11.8 Å². The van der Waals surface area contributed by atoms with E-state index in [-0.39, 0.29) is 11.7 Å². The third-order valence-corrected chi connectivity index (χ3v) is 12.4. The van der Waals surface area contributed by atoms with Gasteiger partial charge >= 0.3 is 0 Å². The molecule has 1 aromatic heterocycles. The first-order valence-electron chi connectivity index (χ1n) is 17.7. The molecule has 5 aromatic rings. The molecule has 0 radical (unpaired) electrons. The number of ketones is 1. The Morgan fingerprint density at radius 2 is 1.76 bits per heavy atom. The molecule has 4 atom stereocenters. The molecule has 50 heavy (non-hydrogen) atoms. The lowest BCUT2D eigenvalue weighted by atomic mass is 9.65. The van der Waals surface area contributed by atoms with Crippen molar-refractivity contribution >= 4 is 28.6 Å². The van der Waals surface area contributed by atoms with Gasteiger partial charge in [0.1, 0.15) is 5.75 Å². The number of rotatable bonds is 7. The summed E-state index contributed by atoms with van der Waals surface area (Å²) >= 11 is 1.55. The summed E-state index contributed by atoms with van der Waals surface area (Å²) in [5.74, 6) is 1.19. The van der Waals surface area contributed by atoms with Crippen LogP contribution in [0.3, 0.4) is 0 Å². The van der Waals surface area contributed by atoms with Crippen molar-refractivity contribution in [3.05, 3.63) is 125 Å². The summed E-state index contributed by atoms with van der Waals surface area (Å²) in [6.45, 7) is 4.36. The van der Waals surface area contributed by atoms with Crippen molar-refractivity contribution in [3.8, 4) is 16.9 Å². The molecule has 0 aliphatic heterocycles. The minimum Gasteiger partial charge on any atom is -0.497 e. The molecule has 1 fully saturated rings. The van der Waals surface area contributed by atoms with Gasteiger partial charge in [-0.05, 0) is 98.2 Å². The topological polar surface area (TPSA) is 95.4 Å². The summed E-state index contributed by atoms with van der Waals surface area (Å²) in [5.41, 5.74) is 6.93. The molecule has 0 spiro atoms. The van der Waals surface area contributed by atoms with Gasteiger partial charge in [0.15, 0.2) is 10.9 Å². The molecule has 0 unspecified atom stereocenters. The molecule has 6 nitrogen and oxygen atoms in total. The molecule has 258 valence electrons. The number of nitrogens with zero attached hydrogens (tertiary/aromatic N) is 1. The van der Waals surface area contributed by atoms with Crippen LogP contribution in [0.25, 0.3) is 22.2 Å². The lowest BCUT2D eigenvalue weighted by Gasteiger charge is -2.44. The average molecular weight is 687 g/mol. The van der Waals surface area contributed by atoms with Crippen molar-refractivity contribution in [2.75, 3.05) is 12.9 Å². The van der Waals surface area contributed by atoms with Crippen LogP contribution < -0.4 is 4.74 Å². The van der Waals surface area contributed by atoms with Crippen molar-refractivity contribution in [1.29, 1.82) is 0 Å². The normalized spacial score (nSPS) is 24.1. The summed E-state index contributed by atoms with van der Waals surface area (Å²) in [6, 6.07) is 30.0. The quantitative estimate of drug-likeness (QED) is 0.0898. The fourth-order valence-electron chi connectivity index (χ4n) is 8.12. The number of carbonyl (C=O) groups is 1. The summed E-state index contributed by atoms with van der Waals surface area (Å²) < 4.78 is 5.40. The smallest absolute Gasteiger partial charge is 0.193 e. The predicted octanol–water partition coefficient (Wildman–Crippen LogP) is 9.30. The number of allylic oxidation sites excluding steroid dienone is 2. The number of aromatic amines is 1. The van der Waals surface area contributed by atoms with E-state index in [0.29, 0.717) is 36.1 Å². The zero-order chi connectivity index (χ0) is 34.9. The van der Waals surface area contributed by atoms with Crippen molar-refractivity contribution in [2.24, 2.45) is 5.41 Å². The van der Waals surface area contributed by atoms with Crippen LogP contribution in [-0.2, 0) is 6.42 Å². The minimum atomic E-state index is -0.996. The number of ether oxygens (including phenoxy) is 1. The van der Waals surface area contributed by atoms with Gasteiger partial charge < -0.3 is 19.9 Å². The van der Waals surface area contributed by atoms with E-state index in [1.54, 1.807) is 18.9 Å². The standard InChI is InChI=1S/C43H46N2O4S/c1-28-8-7-22-42(2)37(21-23-43(42,48)27-50-41-44-38-20-18-34(49-3)26-39(38)45-41)35-19-12-29(24-33(46)17-11-28)25-36(35)40(47)32-15-13-31(14-16-32)30-9-5-4-6-10-30/h4-6,8-10,12-16,18-20,25-26,33,37,46,48H,7,11,17,21-24,27H2,1-3H3,(H,44,45)/t33-,37-,42-,43+/m0/s1. The minimum absolute atomic E-state index is 0.0244. The number of imidazole rings is 1. The number of carbonyl (C=O) groups excluding carboxylic acids is 1. The molecular formula is C43H46N2O4S. The second-order valence-corrected chi connectivity index (χ2v) is 15.4. The Bertz CT molecular complexity index is 2020. The molecule has 0 amide bonds. The van der Waals surface area contributed by atoms with E-state index >= 15 is 0 Å². The molecule has 3 aliphatic rings. The third-order valence-electron chi connectivity index (χ3n) is 11.3. The molecular weight excluding hydrogens is 641 g/mol. The van der Waals surface area contributed by atoms with Gasteiger partial charge in [-0.2, -0.15) is 0 Å². The molecule has 2 bridgehead atoms. The van der Waals surface area contributed by atoms with Gasteiger partial charge in [-0.1, -0.05) is 97.1 Å². The number of benzene rings is 4. The molecule has 0 saturated heterocycles. The first-order valence-corrected chi connectivity index (χ1v) is 18.7. The second kappa shape index (κ2) is 14.2. The Labute approximate surface area is 299 Å². The lowest BCUT2D eigenvalue weighted by Crippen LogP contribution is -2.46. The number of aliphatic hydroxyl groups excluding tert-OH is 1. The highest BCUT2D eigenvalue weighted by Gasteiger charge is 2.56. The lowest BCUT2D eigenvalue weighted by molar-refractivity contribution is -0.0422. The van der Waals surface area contributed by atoms with E-state index in [9.17, 15) is 15.0 Å². The maximum atomic E-state index is 14.5. The summed E-state index contributed by atoms with van der Waals surface area (Å²) in [7, 11) is 1.65. The Morgan fingerprint density at radius 3 is 2.54 bits per heavy atom. The Kier molecular flexibility index (Phi) is 9.75. The first kappa shape index (κ1) is 34.3. The maximum absolute atomic E-state index is 14.5. The number of thioether (sulfide) groups is 1. The van der Waals surface area contributed by atoms with Crippen LogP contribution in [0.5, 0.6) is 5.75 Å². The van der Waals surface area contributed by atoms with Gasteiger partial charge in [-0.25, -0.2) is 4.98 Å². The Balaban J connectivity index is 1.24. The molecule has 8 rings (SSSR count). The number of H-pyrrole nitrogens is 1. The molecule has 1 heterocycles. The Morgan fingerprint density at radius 1 is 0.980 bits per heavy atom. The molecule has 3 aliphatic carbocycles. The summed E-state index contributed by atoms with van der Waals surface area (Å²) in [4.78, 5) is 22.7. The molecule has 4 aromatic carbocycles. The maximum Gasteiger partial charge on any atom is 0.193 e. The number of fused-ring (bicyclic) bond motifs is 9. The number of aromatic nitrogens is 2. The van der Waals surface area contributed by atoms with E-state index in [4.69, 9.17) is 9.72 Å². The van der Waals surface area contributed by atoms with Crippen LogP contribution in [0.2, 0.25) is 0 Å². The van der Waals surface area contributed by atoms with Gasteiger partial charge in [-0.15, -0.1) is 0 Å². The largest absolute Gasteiger partial charge is 0.497 e. The Hall–Kier alpha value is -4.17. The molecule has 1 saturated carbocycles. The highest BCUT2D eigenvalue weighted by Crippen LogP contribution is 2.59. The number of nitrogens with one attached hydrogen (secondary N) is 1. The predicted molar refractivity (Wildman–Crippen MR) is 202 cm³/mol. The molecule has 3 N–H and O–H groups in total. The van der Waals surface area contributed by atoms with Gasteiger partial charge in [0.2, 0.25) is 0 Å². The SMILES string of the molecule is COc1ccc2nc(SC[C@]3(O)CC[C@H]4c5ccc(cc5C(=O)c5ccc(-c6ccccc6)cc5)C[C@@H](O)CCC(C)=CCC[C@@]43C)[nH]c2c1. The second-order valence-electron chi connectivity index (χ2n) is 14.4. The van der Waals surface area contributed by atoms with Crippen LogP contribution in [0, 0.1) is 5.41 Å². The summed E-state index contributed by atoms with van der Waals surface area (Å²) in [5, 5.41) is 24.4. The highest BCUT2D eigenvalue weighted by atomic mass is 32.2. The monoisotopic (exact) mass is 686 g/mol. The number of hydrogen-bond acceptors (Lipinski definition) is 6. The average Bonchev–Trinajstić information content (AvgIpc) is 3.66. The fourth-order valence-corrected chi connectivity index (χ4v) is 9.32. The summed E-state index contributed by atoms with van der Waals surface area (Å²) in [6.07, 6.45) is 6.74. The van der Waals surface area contributed by atoms with Crippen molar-refractivity contribution in [1.82, 2.24) is 9.97 Å². The van der Waals surface area contributed by atoms with Gasteiger partial charge in [0, 0.05) is 28.4 Å². The van der Waals surface area contributed by atoms with Crippen LogP contribution in [-0.4, -0.2) is 50.5 Å². The fraction of sp³-hybridized carbons (Fsp3) is 0.349. The van der Waals surface area contributed by atoms with Crippen LogP contribution in [0.1, 0.15) is 85.3 Å². The van der Waals surface area contributed by atoms with Gasteiger partial charge in [0.25, 0.3) is 0 Å². The van der Waals surface area contributed by atoms with E-state index in [1.807, 2.05) is 66.7 Å². The zero-order valence-electron chi connectivity index (χ0n) is 29.1. The highest BCUT2D eigenvalue weighted by molar-refractivity contribution is 7.99. The molecule has 7 heteroatoms. The van der Waals surface area contributed by atoms with E-state index in [1.165, 1.54) is 5.57 Å². The van der Waals surface area contributed by atoms with Crippen LogP contribution in [0.15, 0.2) is 108 Å². The zero-order valence-corrected chi connectivity index (χ0v) is 29.9. The number of methoxy groups -OCH3 is 1.